The Kier molecular flexibility index (Phi) is 7.04. The lowest BCUT2D eigenvalue weighted by atomic mass is 9.73. The summed E-state index contributed by atoms with van der Waals surface area (Å²) in [4.78, 5) is 1.60. The lowest BCUT2D eigenvalue weighted by Crippen LogP contribution is -2.23. The van der Waals surface area contributed by atoms with E-state index in [4.69, 9.17) is 10.2 Å². The molecule has 34 heavy (non-hydrogen) atoms. The van der Waals surface area contributed by atoms with E-state index in [0.29, 0.717) is 5.69 Å². The first-order chi connectivity index (χ1) is 16.1. The zero-order valence-corrected chi connectivity index (χ0v) is 22.9. The summed E-state index contributed by atoms with van der Waals surface area (Å²) in [5.74, 6) is 0.233. The molecule has 1 N–H and O–H groups in total. The first kappa shape index (κ1) is 24.7. The lowest BCUT2D eigenvalue weighted by Gasteiger charge is -2.32. The van der Waals surface area contributed by atoms with E-state index in [2.05, 4.69) is 93.6 Å². The average molecular weight is 568 g/mol. The van der Waals surface area contributed by atoms with Crippen LogP contribution in [0.15, 0.2) is 60.7 Å². The number of nitrogens with zero attached hydrogens (tertiary/aromatic N) is 3. The number of unbranched alkanes of at least 4 members (excludes halogenated alkanes) is 2. The molecule has 0 bridgehead atoms. The summed E-state index contributed by atoms with van der Waals surface area (Å²) in [7, 11) is 0. The van der Waals surface area contributed by atoms with Gasteiger partial charge < -0.3 is 5.11 Å². The molecule has 0 aliphatic rings. The molecule has 4 aromatic rings. The normalized spacial score (nSPS) is 12.4. The Morgan fingerprint density at radius 1 is 0.853 bits per heavy atom. The van der Waals surface area contributed by atoms with Crippen molar-refractivity contribution < 1.29 is 5.11 Å². The molecule has 1 aromatic heterocycles. The van der Waals surface area contributed by atoms with Crippen LogP contribution in [0, 0.1) is 3.57 Å². The zero-order chi connectivity index (χ0) is 24.5. The van der Waals surface area contributed by atoms with E-state index in [-0.39, 0.29) is 11.2 Å². The predicted molar refractivity (Wildman–Crippen MR) is 149 cm³/mol. The fourth-order valence-electron chi connectivity index (χ4n) is 4.61. The molecule has 4 rings (SSSR count). The Morgan fingerprint density at radius 2 is 1.56 bits per heavy atom. The van der Waals surface area contributed by atoms with Gasteiger partial charge in [-0.1, -0.05) is 90.3 Å². The largest absolute Gasteiger partial charge is 0.505 e. The van der Waals surface area contributed by atoms with Crippen LogP contribution in [-0.2, 0) is 10.8 Å². The second-order valence-corrected chi connectivity index (χ2v) is 11.6. The molecule has 0 saturated heterocycles. The fraction of sp³-hybridized carbons (Fsp3) is 0.379. The Morgan fingerprint density at radius 3 is 2.26 bits per heavy atom. The summed E-state index contributed by atoms with van der Waals surface area (Å²) in [6.45, 7) is 11.2. The lowest BCUT2D eigenvalue weighted by molar-refractivity contribution is 0.433. The van der Waals surface area contributed by atoms with Gasteiger partial charge in [0.15, 0.2) is 0 Å². The van der Waals surface area contributed by atoms with Crippen molar-refractivity contribution in [3.05, 3.63) is 80.9 Å². The van der Waals surface area contributed by atoms with Crippen LogP contribution in [0.2, 0.25) is 0 Å². The van der Waals surface area contributed by atoms with Crippen molar-refractivity contribution in [1.29, 1.82) is 0 Å². The van der Waals surface area contributed by atoms with Crippen LogP contribution in [0.5, 0.6) is 5.75 Å². The number of benzene rings is 3. The van der Waals surface area contributed by atoms with E-state index in [1.807, 2.05) is 24.3 Å². The van der Waals surface area contributed by atoms with Crippen LogP contribution in [0.1, 0.15) is 77.0 Å². The van der Waals surface area contributed by atoms with Gasteiger partial charge in [-0.25, -0.2) is 0 Å². The van der Waals surface area contributed by atoms with Crippen LogP contribution in [0.3, 0.4) is 0 Å². The Balaban J connectivity index is 1.92. The van der Waals surface area contributed by atoms with E-state index >= 15 is 0 Å². The van der Waals surface area contributed by atoms with Crippen molar-refractivity contribution in [1.82, 2.24) is 15.0 Å². The number of aromatic hydroxyl groups is 1. The highest BCUT2D eigenvalue weighted by atomic mass is 127. The van der Waals surface area contributed by atoms with Crippen molar-refractivity contribution >= 4 is 33.6 Å². The van der Waals surface area contributed by atoms with Gasteiger partial charge in [0.05, 0.1) is 0 Å². The topological polar surface area (TPSA) is 50.9 Å². The first-order valence-corrected chi connectivity index (χ1v) is 13.2. The van der Waals surface area contributed by atoms with Gasteiger partial charge in [-0.3, -0.25) is 0 Å². The van der Waals surface area contributed by atoms with Gasteiger partial charge in [-0.15, -0.1) is 15.0 Å². The second-order valence-electron chi connectivity index (χ2n) is 10.3. The number of halogens is 1. The van der Waals surface area contributed by atoms with E-state index in [1.165, 1.54) is 24.8 Å². The first-order valence-electron chi connectivity index (χ1n) is 12.1. The molecule has 5 heteroatoms. The maximum Gasteiger partial charge on any atom is 0.147 e. The van der Waals surface area contributed by atoms with Crippen molar-refractivity contribution in [2.45, 2.75) is 71.1 Å². The molecule has 3 aromatic carbocycles. The van der Waals surface area contributed by atoms with Crippen LogP contribution < -0.4 is 0 Å². The quantitative estimate of drug-likeness (QED) is 0.174. The minimum Gasteiger partial charge on any atom is -0.505 e. The number of fused-ring (bicyclic) bond motifs is 1. The van der Waals surface area contributed by atoms with Crippen LogP contribution in [-0.4, -0.2) is 20.1 Å². The highest BCUT2D eigenvalue weighted by Crippen LogP contribution is 2.43. The van der Waals surface area contributed by atoms with E-state index < -0.39 is 5.41 Å². The number of phenolic OH excluding ortho intramolecular Hbond substituents is 1. The summed E-state index contributed by atoms with van der Waals surface area (Å²) in [5, 5.41) is 21.1. The minimum absolute atomic E-state index is 0.0406. The summed E-state index contributed by atoms with van der Waals surface area (Å²) in [5.41, 5.74) is 5.09. The van der Waals surface area contributed by atoms with Gasteiger partial charge >= 0.3 is 0 Å². The molecule has 1 heterocycles. The third-order valence-corrected chi connectivity index (χ3v) is 7.67. The Bertz CT molecular complexity index is 1290. The average Bonchev–Trinajstić information content (AvgIpc) is 3.22. The van der Waals surface area contributed by atoms with Gasteiger partial charge in [0.2, 0.25) is 0 Å². The van der Waals surface area contributed by atoms with Gasteiger partial charge in [-0.2, -0.15) is 0 Å². The monoisotopic (exact) mass is 567 g/mol. The molecule has 0 atom stereocenters. The van der Waals surface area contributed by atoms with Crippen molar-refractivity contribution in [2.24, 2.45) is 0 Å². The fourth-order valence-corrected chi connectivity index (χ4v) is 5.08. The van der Waals surface area contributed by atoms with Crippen molar-refractivity contribution in [2.75, 3.05) is 0 Å². The highest BCUT2D eigenvalue weighted by molar-refractivity contribution is 14.1. The molecule has 178 valence electrons. The van der Waals surface area contributed by atoms with E-state index in [0.717, 1.165) is 32.2 Å². The third-order valence-electron chi connectivity index (χ3n) is 7.00. The van der Waals surface area contributed by atoms with Gasteiger partial charge in [0.1, 0.15) is 22.5 Å². The summed E-state index contributed by atoms with van der Waals surface area (Å²) in [6.07, 6.45) is 4.69. The zero-order valence-electron chi connectivity index (χ0n) is 20.8. The second kappa shape index (κ2) is 9.68. The maximum atomic E-state index is 11.6. The molecular formula is C29H34IN3O. The highest BCUT2D eigenvalue weighted by Gasteiger charge is 2.32. The molecule has 0 aliphatic heterocycles. The van der Waals surface area contributed by atoms with E-state index in [1.54, 1.807) is 4.80 Å². The number of hydrogen-bond acceptors (Lipinski definition) is 3. The predicted octanol–water partition coefficient (Wildman–Crippen LogP) is 7.91. The van der Waals surface area contributed by atoms with Crippen molar-refractivity contribution in [3.8, 4) is 11.4 Å². The summed E-state index contributed by atoms with van der Waals surface area (Å²) in [6, 6.07) is 20.7. The molecule has 0 aliphatic carbocycles. The third kappa shape index (κ3) is 4.85. The van der Waals surface area contributed by atoms with Crippen LogP contribution >= 0.6 is 22.6 Å². The van der Waals surface area contributed by atoms with Crippen LogP contribution in [0.4, 0.5) is 0 Å². The summed E-state index contributed by atoms with van der Waals surface area (Å²) >= 11 is 2.29. The standard InChI is InChI=1S/C29H34IN3O/c1-6-7-11-16-28(2,3)21-17-23(29(4,5)20-12-9-8-10-13-20)27(34)26(18-21)33-31-24-15-14-22(30)19-25(24)32-33/h8-10,12-15,17-19,34H,6-7,11,16H2,1-5H3. The molecule has 0 saturated carbocycles. The number of aromatic nitrogens is 3. The van der Waals surface area contributed by atoms with Gasteiger partial charge in [0, 0.05) is 14.5 Å². The van der Waals surface area contributed by atoms with Crippen molar-refractivity contribution in [3.63, 3.8) is 0 Å². The minimum atomic E-state index is -0.391. The SMILES string of the molecule is CCCCCC(C)(C)c1cc(-n2nc3ccc(I)cc3n2)c(O)c(C(C)(C)c2ccccc2)c1. The van der Waals surface area contributed by atoms with Crippen LogP contribution in [0.25, 0.3) is 16.7 Å². The Labute approximate surface area is 216 Å². The number of phenols is 1. The smallest absolute Gasteiger partial charge is 0.147 e. The maximum absolute atomic E-state index is 11.6. The number of hydrogen-bond donors (Lipinski definition) is 1. The molecule has 0 unspecified atom stereocenters. The van der Waals surface area contributed by atoms with Gasteiger partial charge in [-0.05, 0) is 69.8 Å². The molecule has 4 nitrogen and oxygen atoms in total. The Hall–Kier alpha value is -2.41. The molecule has 0 fully saturated rings. The number of rotatable bonds is 8. The van der Waals surface area contributed by atoms with E-state index in [9.17, 15) is 5.11 Å². The summed E-state index contributed by atoms with van der Waals surface area (Å²) < 4.78 is 1.11. The molecule has 0 amide bonds. The van der Waals surface area contributed by atoms with Gasteiger partial charge in [0.25, 0.3) is 0 Å². The molecule has 0 radical (unpaired) electrons. The molecular weight excluding hydrogens is 533 g/mol. The molecule has 0 spiro atoms.